The van der Waals surface area contributed by atoms with Crippen LogP contribution in [0, 0.1) is 22.1 Å². The molecule has 34 heavy (non-hydrogen) atoms. The zero-order valence-corrected chi connectivity index (χ0v) is 18.7. The van der Waals surface area contributed by atoms with Crippen molar-refractivity contribution in [3.8, 4) is 6.07 Å². The maximum Gasteiger partial charge on any atom is 0.417 e. The number of carbonyl (C=O) groups excluding carboxylic acids is 2. The van der Waals surface area contributed by atoms with Crippen LogP contribution in [0.1, 0.15) is 35.3 Å². The number of halogens is 4. The molecule has 0 saturated carbocycles. The van der Waals surface area contributed by atoms with Crippen LogP contribution in [0.2, 0.25) is 0 Å². The van der Waals surface area contributed by atoms with Crippen molar-refractivity contribution in [3.63, 3.8) is 0 Å². The average Bonchev–Trinajstić information content (AvgIpc) is 2.95. The fraction of sp³-hybridized carbons (Fsp3) is 0.238. The van der Waals surface area contributed by atoms with Crippen LogP contribution in [-0.4, -0.2) is 34.5 Å². The number of rotatable bonds is 4. The lowest BCUT2D eigenvalue weighted by Crippen LogP contribution is -2.44. The van der Waals surface area contributed by atoms with E-state index in [1.807, 2.05) is 0 Å². The highest BCUT2D eigenvalue weighted by Gasteiger charge is 2.51. The number of hydrogen-bond donors (Lipinski definition) is 0. The number of nitroso groups, excluding NO2 is 1. The molecule has 1 fully saturated rings. The second-order valence-corrected chi connectivity index (χ2v) is 8.10. The van der Waals surface area contributed by atoms with Crippen molar-refractivity contribution < 1.29 is 27.2 Å². The first-order valence-corrected chi connectivity index (χ1v) is 9.87. The Hall–Kier alpha value is -3.92. The summed E-state index contributed by atoms with van der Waals surface area (Å²) in [4.78, 5) is 37.9. The second kappa shape index (κ2) is 8.45. The summed E-state index contributed by atoms with van der Waals surface area (Å²) in [6.07, 6.45) is -4.85. The van der Waals surface area contributed by atoms with Gasteiger partial charge in [0.15, 0.2) is 5.11 Å². The fourth-order valence-electron chi connectivity index (χ4n) is 3.49. The van der Waals surface area contributed by atoms with Crippen molar-refractivity contribution in [2.45, 2.75) is 25.6 Å². The zero-order chi connectivity index (χ0) is 25.6. The number of amides is 2. The number of nitriles is 1. The normalized spacial score (nSPS) is 15.4. The summed E-state index contributed by atoms with van der Waals surface area (Å²) in [6.45, 7) is 2.88. The van der Waals surface area contributed by atoms with Gasteiger partial charge >= 0.3 is 6.18 Å². The molecule has 2 aromatic rings. The fourth-order valence-corrected chi connectivity index (χ4v) is 4.01. The minimum atomic E-state index is -4.85. The first-order valence-electron chi connectivity index (χ1n) is 9.46. The molecule has 2 amide bonds. The molecule has 0 aliphatic carbocycles. The van der Waals surface area contributed by atoms with Gasteiger partial charge in [0.2, 0.25) is 0 Å². The largest absolute Gasteiger partial charge is 0.417 e. The number of alkyl halides is 3. The van der Waals surface area contributed by atoms with Crippen LogP contribution in [0.3, 0.4) is 0 Å². The van der Waals surface area contributed by atoms with Gasteiger partial charge in [-0.3, -0.25) is 14.5 Å². The van der Waals surface area contributed by atoms with Gasteiger partial charge in [-0.15, -0.1) is 4.91 Å². The lowest BCUT2D eigenvalue weighted by atomic mass is 10.0. The SMILES string of the molecule is CN(N=O)C(=O)c1ccc(N2C(=S)N(c3ccc(C#N)c(C(F)(F)F)c3)C(=O)C2(C)C)cc1F. The summed E-state index contributed by atoms with van der Waals surface area (Å²) in [5.41, 5.74) is -3.93. The minimum Gasteiger partial charge on any atom is -0.303 e. The molecular weight excluding hydrogens is 478 g/mol. The van der Waals surface area contributed by atoms with E-state index >= 15 is 0 Å². The van der Waals surface area contributed by atoms with Crippen molar-refractivity contribution in [1.29, 1.82) is 5.26 Å². The average molecular weight is 493 g/mol. The molecule has 1 aliphatic rings. The Balaban J connectivity index is 2.07. The number of anilines is 2. The molecule has 13 heteroatoms. The molecule has 176 valence electrons. The van der Waals surface area contributed by atoms with E-state index < -0.39 is 46.0 Å². The van der Waals surface area contributed by atoms with E-state index in [0.29, 0.717) is 11.1 Å². The second-order valence-electron chi connectivity index (χ2n) is 7.73. The summed E-state index contributed by atoms with van der Waals surface area (Å²) in [7, 11) is 1.05. The summed E-state index contributed by atoms with van der Waals surface area (Å²) < 4.78 is 55.0. The van der Waals surface area contributed by atoms with E-state index in [2.05, 4.69) is 5.29 Å². The lowest BCUT2D eigenvalue weighted by molar-refractivity contribution is -0.137. The number of thiocarbonyl (C=S) groups is 1. The van der Waals surface area contributed by atoms with Gasteiger partial charge in [0.1, 0.15) is 11.4 Å². The monoisotopic (exact) mass is 493 g/mol. The Morgan fingerprint density at radius 3 is 2.32 bits per heavy atom. The number of carbonyl (C=O) groups is 2. The van der Waals surface area contributed by atoms with Crippen LogP contribution in [0.15, 0.2) is 41.7 Å². The van der Waals surface area contributed by atoms with Gasteiger partial charge < -0.3 is 4.90 Å². The highest BCUT2D eigenvalue weighted by atomic mass is 32.1. The maximum atomic E-state index is 14.7. The Morgan fingerprint density at radius 2 is 1.79 bits per heavy atom. The van der Waals surface area contributed by atoms with Crippen molar-refractivity contribution in [2.75, 3.05) is 16.8 Å². The van der Waals surface area contributed by atoms with E-state index in [9.17, 15) is 32.1 Å². The molecule has 0 spiro atoms. The molecule has 3 rings (SSSR count). The first kappa shape index (κ1) is 24.7. The van der Waals surface area contributed by atoms with Crippen molar-refractivity contribution in [2.24, 2.45) is 5.29 Å². The first-order chi connectivity index (χ1) is 15.7. The van der Waals surface area contributed by atoms with E-state index in [4.69, 9.17) is 17.5 Å². The number of hydrogen-bond acceptors (Lipinski definition) is 6. The number of nitrogens with zero attached hydrogens (tertiary/aromatic N) is 5. The molecule has 8 nitrogen and oxygen atoms in total. The van der Waals surface area contributed by atoms with Crippen LogP contribution in [-0.2, 0) is 11.0 Å². The predicted molar refractivity (Wildman–Crippen MR) is 117 cm³/mol. The quantitative estimate of drug-likeness (QED) is 0.271. The van der Waals surface area contributed by atoms with Gasteiger partial charge in [-0.2, -0.15) is 23.4 Å². The van der Waals surface area contributed by atoms with Gasteiger partial charge in [-0.1, -0.05) is 0 Å². The van der Waals surface area contributed by atoms with Crippen molar-refractivity contribution >= 4 is 40.5 Å². The maximum absolute atomic E-state index is 14.7. The smallest absolute Gasteiger partial charge is 0.303 e. The van der Waals surface area contributed by atoms with Gasteiger partial charge in [0.05, 0.1) is 33.7 Å². The third kappa shape index (κ3) is 3.96. The van der Waals surface area contributed by atoms with Gasteiger partial charge in [-0.05, 0) is 62.5 Å². The molecule has 0 aromatic heterocycles. The molecule has 1 saturated heterocycles. The molecule has 1 aliphatic heterocycles. The third-order valence-electron chi connectivity index (χ3n) is 5.21. The van der Waals surface area contributed by atoms with Gasteiger partial charge in [0.25, 0.3) is 11.8 Å². The molecule has 2 aromatic carbocycles. The highest BCUT2D eigenvalue weighted by molar-refractivity contribution is 7.81. The van der Waals surface area contributed by atoms with Gasteiger partial charge in [0, 0.05) is 12.7 Å². The van der Waals surface area contributed by atoms with E-state index in [1.54, 1.807) is 0 Å². The third-order valence-corrected chi connectivity index (χ3v) is 5.58. The molecule has 0 radical (unpaired) electrons. The van der Waals surface area contributed by atoms with E-state index in [0.717, 1.165) is 36.2 Å². The molecule has 0 bridgehead atoms. The molecule has 1 heterocycles. The molecule has 0 atom stereocenters. The van der Waals surface area contributed by atoms with Crippen LogP contribution < -0.4 is 9.80 Å². The van der Waals surface area contributed by atoms with E-state index in [1.165, 1.54) is 30.9 Å². The number of benzene rings is 2. The molecular formula is C21H15F4N5O3S. The Morgan fingerprint density at radius 1 is 1.18 bits per heavy atom. The highest BCUT2D eigenvalue weighted by Crippen LogP contribution is 2.40. The summed E-state index contributed by atoms with van der Waals surface area (Å²) >= 11 is 5.37. The van der Waals surface area contributed by atoms with Crippen LogP contribution in [0.4, 0.5) is 28.9 Å². The Bertz CT molecular complexity index is 1270. The van der Waals surface area contributed by atoms with Gasteiger partial charge in [-0.25, -0.2) is 4.39 Å². The summed E-state index contributed by atoms with van der Waals surface area (Å²) in [5, 5.41) is 11.6. The van der Waals surface area contributed by atoms with Crippen LogP contribution >= 0.6 is 12.2 Å². The van der Waals surface area contributed by atoms with Crippen molar-refractivity contribution in [3.05, 3.63) is 63.8 Å². The van der Waals surface area contributed by atoms with Crippen molar-refractivity contribution in [1.82, 2.24) is 5.01 Å². The standard InChI is InChI=1S/C21H15F4N5O3S/c1-20(2)18(32)29(12-5-4-11(10-26)15(8-12)21(23,24)25)19(34)30(20)13-6-7-14(16(22)9-13)17(31)28(3)27-33/h4-9H,1-3H3. The molecule has 0 N–H and O–H groups in total. The lowest BCUT2D eigenvalue weighted by Gasteiger charge is -2.29. The van der Waals surface area contributed by atoms with Crippen LogP contribution in [0.5, 0.6) is 0 Å². The summed E-state index contributed by atoms with van der Waals surface area (Å²) in [6, 6.07) is 7.46. The Labute approximate surface area is 195 Å². The predicted octanol–water partition coefficient (Wildman–Crippen LogP) is 4.39. The summed E-state index contributed by atoms with van der Waals surface area (Å²) in [5.74, 6) is -2.72. The zero-order valence-electron chi connectivity index (χ0n) is 17.8. The van der Waals surface area contributed by atoms with Crippen LogP contribution in [0.25, 0.3) is 0 Å². The Kier molecular flexibility index (Phi) is 6.15. The topological polar surface area (TPSA) is 97.1 Å². The van der Waals surface area contributed by atoms with E-state index in [-0.39, 0.29) is 16.5 Å². The minimum absolute atomic E-state index is 0.0475. The molecule has 0 unspecified atom stereocenters.